The van der Waals surface area contributed by atoms with E-state index in [1.807, 2.05) is 37.3 Å². The Balaban J connectivity index is 1.77. The Morgan fingerprint density at radius 1 is 1.35 bits per heavy atom. The van der Waals surface area contributed by atoms with Gasteiger partial charge in [-0.3, -0.25) is 4.79 Å². The van der Waals surface area contributed by atoms with Gasteiger partial charge in [0.15, 0.2) is 0 Å². The number of amides is 2. The van der Waals surface area contributed by atoms with Gasteiger partial charge in [0.05, 0.1) is 6.54 Å². The Morgan fingerprint density at radius 2 is 2.09 bits per heavy atom. The Morgan fingerprint density at radius 3 is 2.74 bits per heavy atom. The van der Waals surface area contributed by atoms with E-state index >= 15 is 0 Å². The van der Waals surface area contributed by atoms with Gasteiger partial charge in [-0.25, -0.2) is 4.79 Å². The summed E-state index contributed by atoms with van der Waals surface area (Å²) in [4.78, 5) is 27.3. The lowest BCUT2D eigenvalue weighted by Gasteiger charge is -2.24. The van der Waals surface area contributed by atoms with Crippen molar-refractivity contribution in [2.24, 2.45) is 11.7 Å². The largest absolute Gasteiger partial charge is 0.445 e. The number of rotatable bonds is 6. The van der Waals surface area contributed by atoms with Crippen molar-refractivity contribution in [1.82, 2.24) is 9.80 Å². The van der Waals surface area contributed by atoms with E-state index in [-0.39, 0.29) is 31.1 Å². The average molecular weight is 319 g/mol. The molecule has 1 aliphatic rings. The second-order valence-electron chi connectivity index (χ2n) is 5.78. The fourth-order valence-electron chi connectivity index (χ4n) is 2.81. The van der Waals surface area contributed by atoms with Gasteiger partial charge in [0.1, 0.15) is 6.61 Å². The fraction of sp³-hybridized carbons (Fsp3) is 0.529. The molecule has 0 bridgehead atoms. The molecular formula is C17H25N3O3. The maximum Gasteiger partial charge on any atom is 0.410 e. The predicted molar refractivity (Wildman–Crippen MR) is 87.6 cm³/mol. The van der Waals surface area contributed by atoms with E-state index in [2.05, 4.69) is 0 Å². The number of likely N-dealkylation sites (N-methyl/N-ethyl adjacent to an activating group) is 1. The summed E-state index contributed by atoms with van der Waals surface area (Å²) in [7, 11) is 0. The Bertz CT molecular complexity index is 521. The number of ether oxygens (including phenoxy) is 1. The highest BCUT2D eigenvalue weighted by Gasteiger charge is 2.29. The highest BCUT2D eigenvalue weighted by atomic mass is 16.6. The van der Waals surface area contributed by atoms with Crippen molar-refractivity contribution < 1.29 is 14.3 Å². The summed E-state index contributed by atoms with van der Waals surface area (Å²) >= 11 is 0. The number of hydrogen-bond acceptors (Lipinski definition) is 4. The normalized spacial score (nSPS) is 17.1. The third-order valence-electron chi connectivity index (χ3n) is 4.14. The highest BCUT2D eigenvalue weighted by Crippen LogP contribution is 2.19. The van der Waals surface area contributed by atoms with Crippen molar-refractivity contribution >= 4 is 12.0 Å². The third-order valence-corrected chi connectivity index (χ3v) is 4.14. The lowest BCUT2D eigenvalue weighted by Crippen LogP contribution is -2.40. The van der Waals surface area contributed by atoms with Crippen LogP contribution in [0.15, 0.2) is 30.3 Å². The first-order chi connectivity index (χ1) is 11.1. The molecule has 0 aliphatic carbocycles. The van der Waals surface area contributed by atoms with Crippen molar-refractivity contribution in [1.29, 1.82) is 0 Å². The minimum atomic E-state index is -0.287. The number of benzene rings is 1. The fourth-order valence-corrected chi connectivity index (χ4v) is 2.81. The van der Waals surface area contributed by atoms with Crippen LogP contribution >= 0.6 is 0 Å². The second-order valence-corrected chi connectivity index (χ2v) is 5.78. The van der Waals surface area contributed by atoms with Crippen LogP contribution in [0.3, 0.4) is 0 Å². The van der Waals surface area contributed by atoms with Crippen molar-refractivity contribution in [3.8, 4) is 0 Å². The van der Waals surface area contributed by atoms with Gasteiger partial charge < -0.3 is 20.3 Å². The monoisotopic (exact) mass is 319 g/mol. The molecule has 1 aromatic carbocycles. The van der Waals surface area contributed by atoms with Crippen LogP contribution in [0.1, 0.15) is 18.9 Å². The summed E-state index contributed by atoms with van der Waals surface area (Å²) in [6, 6.07) is 9.62. The van der Waals surface area contributed by atoms with Gasteiger partial charge in [-0.2, -0.15) is 0 Å². The van der Waals surface area contributed by atoms with Crippen LogP contribution in [-0.2, 0) is 16.1 Å². The van der Waals surface area contributed by atoms with Crippen LogP contribution in [0, 0.1) is 5.92 Å². The van der Waals surface area contributed by atoms with Gasteiger partial charge in [-0.05, 0) is 24.8 Å². The van der Waals surface area contributed by atoms with E-state index < -0.39 is 0 Å². The highest BCUT2D eigenvalue weighted by molar-refractivity contribution is 5.78. The minimum Gasteiger partial charge on any atom is -0.445 e. The van der Waals surface area contributed by atoms with Crippen molar-refractivity contribution in [3.05, 3.63) is 35.9 Å². The first-order valence-electron chi connectivity index (χ1n) is 8.07. The molecule has 0 saturated carbocycles. The molecule has 0 radical (unpaired) electrons. The zero-order valence-electron chi connectivity index (χ0n) is 13.6. The molecule has 126 valence electrons. The van der Waals surface area contributed by atoms with Crippen LogP contribution in [0.4, 0.5) is 4.79 Å². The zero-order chi connectivity index (χ0) is 16.7. The first-order valence-corrected chi connectivity index (χ1v) is 8.07. The molecule has 0 spiro atoms. The molecule has 1 saturated heterocycles. The summed E-state index contributed by atoms with van der Waals surface area (Å²) < 4.78 is 5.35. The number of hydrogen-bond donors (Lipinski definition) is 1. The van der Waals surface area contributed by atoms with E-state index in [1.54, 1.807) is 9.80 Å². The SMILES string of the molecule is CCN(C[C@H]1CCN(C(=O)OCc2ccccc2)C1)C(=O)CN. The Hall–Kier alpha value is -2.08. The van der Waals surface area contributed by atoms with Gasteiger partial charge in [0.2, 0.25) is 5.91 Å². The average Bonchev–Trinajstić information content (AvgIpc) is 3.06. The summed E-state index contributed by atoms with van der Waals surface area (Å²) in [6.07, 6.45) is 0.596. The maximum atomic E-state index is 12.1. The van der Waals surface area contributed by atoms with Crippen molar-refractivity contribution in [2.75, 3.05) is 32.7 Å². The predicted octanol–water partition coefficient (Wildman–Crippen LogP) is 1.45. The first kappa shape index (κ1) is 17.3. The number of nitrogens with two attached hydrogens (primary N) is 1. The van der Waals surface area contributed by atoms with Crippen molar-refractivity contribution in [2.45, 2.75) is 20.0 Å². The lowest BCUT2D eigenvalue weighted by molar-refractivity contribution is -0.130. The third kappa shape index (κ3) is 4.96. The van der Waals surface area contributed by atoms with E-state index in [1.165, 1.54) is 0 Å². The standard InChI is InChI=1S/C17H25N3O3/c1-2-19(16(21)10-18)11-15-8-9-20(12-15)17(22)23-13-14-6-4-3-5-7-14/h3-7,15H,2,8-13,18H2,1H3/t15-/m1/s1. The number of carbonyl (C=O) groups is 2. The Labute approximate surface area is 137 Å². The summed E-state index contributed by atoms with van der Waals surface area (Å²) in [5, 5.41) is 0. The van der Waals surface area contributed by atoms with E-state index in [9.17, 15) is 9.59 Å². The molecule has 1 aromatic rings. The molecular weight excluding hydrogens is 294 g/mol. The molecule has 2 rings (SSSR count). The van der Waals surface area contributed by atoms with Gasteiger partial charge in [-0.1, -0.05) is 30.3 Å². The number of carbonyl (C=O) groups excluding carboxylic acids is 2. The maximum absolute atomic E-state index is 12.1. The van der Waals surface area contributed by atoms with E-state index in [4.69, 9.17) is 10.5 Å². The molecule has 0 unspecified atom stereocenters. The van der Waals surface area contributed by atoms with Crippen LogP contribution in [-0.4, -0.2) is 54.5 Å². The van der Waals surface area contributed by atoms with Gasteiger partial charge in [0, 0.05) is 26.2 Å². The van der Waals surface area contributed by atoms with Crippen LogP contribution < -0.4 is 5.73 Å². The topological polar surface area (TPSA) is 75.9 Å². The Kier molecular flexibility index (Phi) is 6.40. The molecule has 1 heterocycles. The summed E-state index contributed by atoms with van der Waals surface area (Å²) in [6.45, 7) is 4.85. The molecule has 23 heavy (non-hydrogen) atoms. The number of likely N-dealkylation sites (tertiary alicyclic amines) is 1. The van der Waals surface area contributed by atoms with Crippen LogP contribution in [0.5, 0.6) is 0 Å². The van der Waals surface area contributed by atoms with Crippen molar-refractivity contribution in [3.63, 3.8) is 0 Å². The molecule has 6 nitrogen and oxygen atoms in total. The van der Waals surface area contributed by atoms with E-state index in [0.29, 0.717) is 26.2 Å². The van der Waals surface area contributed by atoms with E-state index in [0.717, 1.165) is 12.0 Å². The molecule has 2 amide bonds. The molecule has 0 aromatic heterocycles. The zero-order valence-corrected chi connectivity index (χ0v) is 13.6. The minimum absolute atomic E-state index is 0.0311. The summed E-state index contributed by atoms with van der Waals surface area (Å²) in [5.74, 6) is 0.243. The molecule has 1 atom stereocenters. The molecule has 1 fully saturated rings. The second kappa shape index (κ2) is 8.53. The van der Waals surface area contributed by atoms with Gasteiger partial charge in [0.25, 0.3) is 0 Å². The smallest absolute Gasteiger partial charge is 0.410 e. The lowest BCUT2D eigenvalue weighted by atomic mass is 10.1. The molecule has 6 heteroatoms. The molecule has 1 aliphatic heterocycles. The summed E-state index contributed by atoms with van der Waals surface area (Å²) in [5.41, 5.74) is 6.39. The van der Waals surface area contributed by atoms with Gasteiger partial charge in [-0.15, -0.1) is 0 Å². The quantitative estimate of drug-likeness (QED) is 0.861. The van der Waals surface area contributed by atoms with Gasteiger partial charge >= 0.3 is 6.09 Å². The van der Waals surface area contributed by atoms with Crippen LogP contribution in [0.2, 0.25) is 0 Å². The molecule has 2 N–H and O–H groups in total. The van der Waals surface area contributed by atoms with Crippen LogP contribution in [0.25, 0.3) is 0 Å². The number of nitrogens with zero attached hydrogens (tertiary/aromatic N) is 2.